The van der Waals surface area contributed by atoms with Gasteiger partial charge < -0.3 is 5.11 Å². The van der Waals surface area contributed by atoms with E-state index in [0.717, 1.165) is 6.07 Å². The van der Waals surface area contributed by atoms with Gasteiger partial charge in [0.05, 0.1) is 17.9 Å². The molecule has 0 radical (unpaired) electrons. The molecule has 0 aliphatic heterocycles. The van der Waals surface area contributed by atoms with E-state index in [-0.39, 0.29) is 5.69 Å². The van der Waals surface area contributed by atoms with Gasteiger partial charge in [-0.25, -0.2) is 8.78 Å². The van der Waals surface area contributed by atoms with E-state index in [4.69, 9.17) is 5.11 Å². The first-order chi connectivity index (χ1) is 10.3. The molecule has 0 saturated carbocycles. The molecule has 1 aromatic carbocycles. The second kappa shape index (κ2) is 5.80. The first-order valence-electron chi connectivity index (χ1n) is 5.91. The van der Waals surface area contributed by atoms with Gasteiger partial charge in [-0.3, -0.25) is 9.78 Å². The van der Waals surface area contributed by atoms with Gasteiger partial charge in [0.1, 0.15) is 11.6 Å². The fraction of sp³-hybridized carbons (Fsp3) is 0.143. The van der Waals surface area contributed by atoms with Gasteiger partial charge in [-0.05, 0) is 29.8 Å². The monoisotopic (exact) mass is 317 g/mol. The summed E-state index contributed by atoms with van der Waals surface area (Å²) in [6, 6.07) is 4.07. The van der Waals surface area contributed by atoms with Crippen LogP contribution in [0.4, 0.5) is 22.0 Å². The van der Waals surface area contributed by atoms with Gasteiger partial charge in [-0.2, -0.15) is 13.2 Å². The summed E-state index contributed by atoms with van der Waals surface area (Å²) in [5, 5.41) is 8.99. The van der Waals surface area contributed by atoms with E-state index in [1.807, 2.05) is 0 Å². The first-order valence-corrected chi connectivity index (χ1v) is 5.91. The average Bonchev–Trinajstić information content (AvgIpc) is 2.46. The highest BCUT2D eigenvalue weighted by atomic mass is 19.4. The number of benzene rings is 1. The molecular formula is C14H8F5NO2. The van der Waals surface area contributed by atoms with Crippen molar-refractivity contribution in [3.63, 3.8) is 0 Å². The molecule has 8 heteroatoms. The molecule has 2 aromatic rings. The van der Waals surface area contributed by atoms with E-state index >= 15 is 0 Å². The van der Waals surface area contributed by atoms with Crippen LogP contribution in [0.15, 0.2) is 30.5 Å². The van der Waals surface area contributed by atoms with Crippen molar-refractivity contribution in [2.45, 2.75) is 12.8 Å². The van der Waals surface area contributed by atoms with Crippen molar-refractivity contribution in [2.24, 2.45) is 0 Å². The molecule has 0 unspecified atom stereocenters. The summed E-state index contributed by atoms with van der Waals surface area (Å²) in [5.41, 5.74) is -1.94. The smallest absolute Gasteiger partial charge is 0.392 e. The number of rotatable bonds is 3. The quantitative estimate of drug-likeness (QED) is 0.698. The Labute approximate surface area is 121 Å². The molecular weight excluding hydrogens is 309 g/mol. The van der Waals surface area contributed by atoms with Crippen LogP contribution in [0.2, 0.25) is 0 Å². The number of carbonyl (C=O) groups is 1. The lowest BCUT2D eigenvalue weighted by atomic mass is 10.0. The molecule has 3 nitrogen and oxygen atoms in total. The maximum absolute atomic E-state index is 14.2. The van der Waals surface area contributed by atoms with Crippen LogP contribution < -0.4 is 0 Å². The summed E-state index contributed by atoms with van der Waals surface area (Å²) in [6.07, 6.45) is -4.20. The van der Waals surface area contributed by atoms with Crippen molar-refractivity contribution in [1.82, 2.24) is 4.98 Å². The molecule has 0 fully saturated rings. The summed E-state index contributed by atoms with van der Waals surface area (Å²) in [7, 11) is 0. The number of aliphatic hydroxyl groups is 1. The highest BCUT2D eigenvalue weighted by Crippen LogP contribution is 2.30. The highest BCUT2D eigenvalue weighted by Gasteiger charge is 2.43. The number of aliphatic hydroxyl groups excluding tert-OH is 1. The van der Waals surface area contributed by atoms with Gasteiger partial charge in [0.2, 0.25) is 0 Å². The number of nitrogens with zero attached hydrogens (tertiary/aromatic N) is 1. The number of hydrogen-bond acceptors (Lipinski definition) is 3. The van der Waals surface area contributed by atoms with Gasteiger partial charge in [-0.15, -0.1) is 0 Å². The second-order valence-electron chi connectivity index (χ2n) is 4.32. The third kappa shape index (κ3) is 2.96. The minimum absolute atomic E-state index is 0.125. The van der Waals surface area contributed by atoms with E-state index in [1.54, 1.807) is 0 Å². The Kier molecular flexibility index (Phi) is 4.23. The lowest BCUT2D eigenvalue weighted by Crippen LogP contribution is -2.25. The van der Waals surface area contributed by atoms with E-state index in [9.17, 15) is 26.7 Å². The Morgan fingerprint density at radius 1 is 1.18 bits per heavy atom. The average molecular weight is 317 g/mol. The lowest BCUT2D eigenvalue weighted by molar-refractivity contribution is -0.0890. The summed E-state index contributed by atoms with van der Waals surface area (Å²) < 4.78 is 64.9. The van der Waals surface area contributed by atoms with Crippen molar-refractivity contribution in [2.75, 3.05) is 0 Å². The van der Waals surface area contributed by atoms with Crippen LogP contribution in [-0.2, 0) is 6.61 Å². The molecule has 0 amide bonds. The summed E-state index contributed by atoms with van der Waals surface area (Å²) in [5.74, 6) is -5.87. The summed E-state index contributed by atoms with van der Waals surface area (Å²) in [4.78, 5) is 14.9. The maximum Gasteiger partial charge on any atom is 0.455 e. The summed E-state index contributed by atoms with van der Waals surface area (Å²) >= 11 is 0. The Bertz CT molecular complexity index is 728. The first kappa shape index (κ1) is 16.0. The molecule has 0 saturated heterocycles. The predicted octanol–water partition coefficient (Wildman–Crippen LogP) is 3.26. The number of Topliss-reactive ketones (excluding diaryl/α,β-unsaturated/α-hetero) is 1. The van der Waals surface area contributed by atoms with Crippen molar-refractivity contribution >= 4 is 5.78 Å². The van der Waals surface area contributed by atoms with Crippen LogP contribution in [0.3, 0.4) is 0 Å². The molecule has 22 heavy (non-hydrogen) atoms. The van der Waals surface area contributed by atoms with Crippen LogP contribution in [0, 0.1) is 11.6 Å². The number of carbonyl (C=O) groups excluding carboxylic acids is 1. The minimum atomic E-state index is -5.40. The number of halogens is 5. The molecule has 1 N–H and O–H groups in total. The van der Waals surface area contributed by atoms with Gasteiger partial charge >= 0.3 is 6.18 Å². The zero-order valence-electron chi connectivity index (χ0n) is 10.8. The van der Waals surface area contributed by atoms with E-state index in [1.165, 1.54) is 18.3 Å². The number of pyridine rings is 1. The Morgan fingerprint density at radius 2 is 1.86 bits per heavy atom. The zero-order valence-corrected chi connectivity index (χ0v) is 10.8. The number of hydrogen-bond donors (Lipinski definition) is 1. The van der Waals surface area contributed by atoms with Crippen molar-refractivity contribution < 1.29 is 31.9 Å². The van der Waals surface area contributed by atoms with Crippen molar-refractivity contribution in [1.29, 1.82) is 0 Å². The van der Waals surface area contributed by atoms with Gasteiger partial charge in [0.25, 0.3) is 5.78 Å². The fourth-order valence-corrected chi connectivity index (χ4v) is 1.82. The SMILES string of the molecule is O=C(c1c(F)ccc(-c2cc(CO)ccn2)c1F)C(F)(F)F. The molecule has 116 valence electrons. The Balaban J connectivity index is 2.63. The van der Waals surface area contributed by atoms with Crippen LogP contribution in [-0.4, -0.2) is 22.1 Å². The topological polar surface area (TPSA) is 50.2 Å². The molecule has 0 aliphatic carbocycles. The van der Waals surface area contributed by atoms with E-state index < -0.39 is 41.3 Å². The van der Waals surface area contributed by atoms with Crippen molar-refractivity contribution in [3.8, 4) is 11.3 Å². The van der Waals surface area contributed by atoms with Gasteiger partial charge in [-0.1, -0.05) is 0 Å². The molecule has 1 aromatic heterocycles. The third-order valence-electron chi connectivity index (χ3n) is 2.86. The third-order valence-corrected chi connectivity index (χ3v) is 2.86. The van der Waals surface area contributed by atoms with Crippen LogP contribution in [0.5, 0.6) is 0 Å². The van der Waals surface area contributed by atoms with Gasteiger partial charge in [0.15, 0.2) is 0 Å². The molecule has 0 atom stereocenters. The minimum Gasteiger partial charge on any atom is -0.392 e. The largest absolute Gasteiger partial charge is 0.455 e. The fourth-order valence-electron chi connectivity index (χ4n) is 1.82. The second-order valence-corrected chi connectivity index (χ2v) is 4.32. The molecule has 1 heterocycles. The zero-order chi connectivity index (χ0) is 16.5. The van der Waals surface area contributed by atoms with E-state index in [0.29, 0.717) is 11.6 Å². The highest BCUT2D eigenvalue weighted by molar-refractivity contribution is 6.01. The maximum atomic E-state index is 14.2. The molecule has 2 rings (SSSR count). The molecule has 0 spiro atoms. The lowest BCUT2D eigenvalue weighted by Gasteiger charge is -2.11. The van der Waals surface area contributed by atoms with Crippen LogP contribution in [0.25, 0.3) is 11.3 Å². The van der Waals surface area contributed by atoms with Crippen LogP contribution >= 0.6 is 0 Å². The molecule has 0 bridgehead atoms. The molecule has 0 aliphatic rings. The van der Waals surface area contributed by atoms with E-state index in [2.05, 4.69) is 4.98 Å². The number of alkyl halides is 3. The number of ketones is 1. The summed E-state index contributed by atoms with van der Waals surface area (Å²) in [6.45, 7) is -0.396. The van der Waals surface area contributed by atoms with Crippen molar-refractivity contribution in [3.05, 3.63) is 53.2 Å². The Morgan fingerprint density at radius 3 is 2.45 bits per heavy atom. The predicted molar refractivity (Wildman–Crippen MR) is 65.9 cm³/mol. The van der Waals surface area contributed by atoms with Crippen LogP contribution in [0.1, 0.15) is 15.9 Å². The Hall–Kier alpha value is -2.35. The van der Waals surface area contributed by atoms with Gasteiger partial charge in [0, 0.05) is 11.8 Å². The normalized spacial score (nSPS) is 11.5. The number of aromatic nitrogens is 1. The standard InChI is InChI=1S/C14H8F5NO2/c15-9-2-1-8(10-5-7(6-21)3-4-20-10)12(16)11(9)13(22)14(17,18)19/h1-5,21H,6H2.